The molecule has 0 saturated carbocycles. The van der Waals surface area contributed by atoms with Crippen LogP contribution in [0.25, 0.3) is 0 Å². The van der Waals surface area contributed by atoms with Gasteiger partial charge in [0.05, 0.1) is 24.8 Å². The zero-order valence-electron chi connectivity index (χ0n) is 15.6. The summed E-state index contributed by atoms with van der Waals surface area (Å²) >= 11 is 0. The third-order valence-corrected chi connectivity index (χ3v) is 5.02. The molecule has 1 aliphatic heterocycles. The number of carbonyl (C=O) groups is 1. The van der Waals surface area contributed by atoms with Crippen molar-refractivity contribution < 1.29 is 13.9 Å². The Morgan fingerprint density at radius 3 is 2.86 bits per heavy atom. The summed E-state index contributed by atoms with van der Waals surface area (Å²) in [6.45, 7) is 0.688. The second-order valence-corrected chi connectivity index (χ2v) is 6.93. The van der Waals surface area contributed by atoms with Crippen molar-refractivity contribution in [2.24, 2.45) is 0 Å². The van der Waals surface area contributed by atoms with Crippen LogP contribution in [-0.4, -0.2) is 29.4 Å². The minimum absolute atomic E-state index is 0.0567. The summed E-state index contributed by atoms with van der Waals surface area (Å²) in [5, 5.41) is 0. The Bertz CT molecular complexity index is 991. The molecule has 0 N–H and O–H groups in total. The summed E-state index contributed by atoms with van der Waals surface area (Å²) < 4.78 is 19.4. The zero-order valence-corrected chi connectivity index (χ0v) is 15.6. The van der Waals surface area contributed by atoms with Gasteiger partial charge in [-0.2, -0.15) is 0 Å². The summed E-state index contributed by atoms with van der Waals surface area (Å²) in [5.74, 6) is 0.507. The molecule has 1 amide bonds. The predicted molar refractivity (Wildman–Crippen MR) is 105 cm³/mol. The van der Waals surface area contributed by atoms with E-state index in [1.54, 1.807) is 24.2 Å². The van der Waals surface area contributed by atoms with Crippen molar-refractivity contribution in [1.29, 1.82) is 0 Å². The van der Waals surface area contributed by atoms with Crippen molar-refractivity contribution in [2.45, 2.75) is 18.9 Å². The average Bonchev–Trinajstić information content (AvgIpc) is 3.17. The number of fused-ring (bicyclic) bond motifs is 1. The molecule has 4 rings (SSSR count). The molecule has 0 fully saturated rings. The van der Waals surface area contributed by atoms with Crippen LogP contribution < -0.4 is 4.74 Å². The second kappa shape index (κ2) is 7.80. The molecular weight excluding hydrogens is 355 g/mol. The molecule has 0 spiro atoms. The number of carbonyl (C=O) groups excluding carboxylic acids is 1. The molecule has 142 valence electrons. The van der Waals surface area contributed by atoms with Crippen molar-refractivity contribution in [3.05, 3.63) is 95.1 Å². The lowest BCUT2D eigenvalue weighted by Crippen LogP contribution is -2.33. The number of hydrogen-bond donors (Lipinski definition) is 0. The van der Waals surface area contributed by atoms with E-state index in [-0.39, 0.29) is 18.1 Å². The highest BCUT2D eigenvalue weighted by molar-refractivity contribution is 5.79. The number of likely N-dealkylation sites (N-methyl/N-ethyl adjacent to an activating group) is 1. The van der Waals surface area contributed by atoms with E-state index in [1.165, 1.54) is 12.1 Å². The van der Waals surface area contributed by atoms with Crippen molar-refractivity contribution >= 4 is 5.91 Å². The smallest absolute Gasteiger partial charge is 0.227 e. The maximum atomic E-state index is 13.8. The monoisotopic (exact) mass is 376 g/mol. The first-order chi connectivity index (χ1) is 13.6. The van der Waals surface area contributed by atoms with Gasteiger partial charge >= 0.3 is 0 Å². The van der Waals surface area contributed by atoms with Gasteiger partial charge in [-0.15, -0.1) is 0 Å². The van der Waals surface area contributed by atoms with Gasteiger partial charge in [0, 0.05) is 19.7 Å². The van der Waals surface area contributed by atoms with E-state index in [1.807, 2.05) is 42.5 Å². The lowest BCUT2D eigenvalue weighted by Gasteiger charge is -2.28. The fourth-order valence-electron chi connectivity index (χ4n) is 3.60. The zero-order chi connectivity index (χ0) is 19.5. The van der Waals surface area contributed by atoms with Crippen molar-refractivity contribution in [1.82, 2.24) is 9.88 Å². The van der Waals surface area contributed by atoms with Crippen LogP contribution in [-0.2, 0) is 17.6 Å². The van der Waals surface area contributed by atoms with Crippen LogP contribution >= 0.6 is 0 Å². The largest absolute Gasteiger partial charge is 0.493 e. The number of ether oxygens (including phenoxy) is 1. The highest BCUT2D eigenvalue weighted by Gasteiger charge is 2.25. The van der Waals surface area contributed by atoms with Crippen LogP contribution in [0.4, 0.5) is 4.39 Å². The molecule has 1 aliphatic rings. The van der Waals surface area contributed by atoms with E-state index >= 15 is 0 Å². The molecule has 0 saturated heterocycles. The Balaban J connectivity index is 1.61. The van der Waals surface area contributed by atoms with Crippen LogP contribution in [0.3, 0.4) is 0 Å². The topological polar surface area (TPSA) is 42.4 Å². The summed E-state index contributed by atoms with van der Waals surface area (Å²) in [6, 6.07) is 17.3. The van der Waals surface area contributed by atoms with Crippen LogP contribution in [0.5, 0.6) is 5.75 Å². The number of rotatable bonds is 5. The van der Waals surface area contributed by atoms with E-state index < -0.39 is 6.04 Å². The van der Waals surface area contributed by atoms with Crippen molar-refractivity contribution in [2.75, 3.05) is 13.7 Å². The minimum Gasteiger partial charge on any atom is -0.493 e. The first kappa shape index (κ1) is 18.2. The number of halogens is 1. The van der Waals surface area contributed by atoms with Gasteiger partial charge < -0.3 is 9.64 Å². The fraction of sp³-hybridized carbons (Fsp3) is 0.217. The fourth-order valence-corrected chi connectivity index (χ4v) is 3.60. The van der Waals surface area contributed by atoms with Gasteiger partial charge in [-0.1, -0.05) is 30.3 Å². The molecule has 1 atom stereocenters. The number of nitrogens with zero attached hydrogens (tertiary/aromatic N) is 2. The molecular formula is C23H21FN2O2. The van der Waals surface area contributed by atoms with Crippen molar-refractivity contribution in [3.8, 4) is 5.75 Å². The highest BCUT2D eigenvalue weighted by Crippen LogP contribution is 2.29. The number of hydrogen-bond acceptors (Lipinski definition) is 3. The maximum absolute atomic E-state index is 13.8. The SMILES string of the molecule is CN(C(=O)Cc1ccc2c(c1)CCO2)[C@@H](c1cccc(F)c1)c1ccccn1. The van der Waals surface area contributed by atoms with Gasteiger partial charge in [-0.3, -0.25) is 9.78 Å². The molecule has 4 nitrogen and oxygen atoms in total. The van der Waals surface area contributed by atoms with Crippen molar-refractivity contribution in [3.63, 3.8) is 0 Å². The van der Waals surface area contributed by atoms with Crippen LogP contribution in [0.1, 0.15) is 28.4 Å². The Morgan fingerprint density at radius 1 is 1.18 bits per heavy atom. The van der Waals surface area contributed by atoms with Gasteiger partial charge in [0.25, 0.3) is 0 Å². The van der Waals surface area contributed by atoms with Gasteiger partial charge in [-0.05, 0) is 47.0 Å². The molecule has 0 unspecified atom stereocenters. The molecule has 2 heterocycles. The summed E-state index contributed by atoms with van der Waals surface area (Å²) in [6.07, 6.45) is 2.82. The predicted octanol–water partition coefficient (Wildman–Crippen LogP) is 3.95. The summed E-state index contributed by atoms with van der Waals surface area (Å²) in [7, 11) is 1.74. The summed E-state index contributed by atoms with van der Waals surface area (Å²) in [5.41, 5.74) is 3.47. The van der Waals surface area contributed by atoms with Gasteiger partial charge in [0.1, 0.15) is 11.6 Å². The number of pyridine rings is 1. The van der Waals surface area contributed by atoms with Gasteiger partial charge in [0.15, 0.2) is 0 Å². The molecule has 28 heavy (non-hydrogen) atoms. The number of benzene rings is 2. The first-order valence-electron chi connectivity index (χ1n) is 9.28. The minimum atomic E-state index is -0.456. The second-order valence-electron chi connectivity index (χ2n) is 6.93. The van der Waals surface area contributed by atoms with E-state index in [0.717, 1.165) is 23.3 Å². The highest BCUT2D eigenvalue weighted by atomic mass is 19.1. The molecule has 0 aliphatic carbocycles. The van der Waals surface area contributed by atoms with E-state index in [0.29, 0.717) is 17.9 Å². The Morgan fingerprint density at radius 2 is 2.07 bits per heavy atom. The first-order valence-corrected chi connectivity index (χ1v) is 9.28. The van der Waals surface area contributed by atoms with E-state index in [4.69, 9.17) is 4.74 Å². The lowest BCUT2D eigenvalue weighted by molar-refractivity contribution is -0.130. The molecule has 3 aromatic rings. The number of amides is 1. The van der Waals surface area contributed by atoms with Crippen LogP contribution in [0.15, 0.2) is 66.9 Å². The van der Waals surface area contributed by atoms with Gasteiger partial charge in [0.2, 0.25) is 5.91 Å². The molecule has 1 aromatic heterocycles. The quantitative estimate of drug-likeness (QED) is 0.677. The third-order valence-electron chi connectivity index (χ3n) is 5.02. The lowest BCUT2D eigenvalue weighted by atomic mass is 10.00. The maximum Gasteiger partial charge on any atom is 0.227 e. The van der Waals surface area contributed by atoms with Crippen LogP contribution in [0.2, 0.25) is 0 Å². The standard InChI is InChI=1S/C23H21FN2O2/c1-26(22(27)14-16-8-9-21-17(13-16)10-12-28-21)23(20-7-2-3-11-25-20)18-5-4-6-19(24)15-18/h2-9,11,13,15,23H,10,12,14H2,1H3/t23-/m0/s1. The molecule has 5 heteroatoms. The molecule has 2 aromatic carbocycles. The van der Waals surface area contributed by atoms with E-state index in [2.05, 4.69) is 4.98 Å². The molecule has 0 radical (unpaired) electrons. The Kier molecular flexibility index (Phi) is 5.06. The number of aromatic nitrogens is 1. The third kappa shape index (κ3) is 3.74. The Hall–Kier alpha value is -3.21. The summed E-state index contributed by atoms with van der Waals surface area (Å²) in [4.78, 5) is 19.1. The normalized spacial score (nSPS) is 13.5. The molecule has 0 bridgehead atoms. The Labute approximate surface area is 163 Å². The van der Waals surface area contributed by atoms with Gasteiger partial charge in [-0.25, -0.2) is 4.39 Å². The van der Waals surface area contributed by atoms with E-state index in [9.17, 15) is 9.18 Å². The average molecular weight is 376 g/mol. The van der Waals surface area contributed by atoms with Crippen LogP contribution in [0, 0.1) is 5.82 Å².